The van der Waals surface area contributed by atoms with Gasteiger partial charge in [-0.1, -0.05) is 42.7 Å². The van der Waals surface area contributed by atoms with Crippen molar-refractivity contribution in [1.29, 1.82) is 0 Å². The first-order valence-electron chi connectivity index (χ1n) is 12.1. The molecule has 8 nitrogen and oxygen atoms in total. The first kappa shape index (κ1) is 23.4. The second-order valence-corrected chi connectivity index (χ2v) is 9.16. The molecule has 184 valence electrons. The molecule has 2 aromatic heterocycles. The molecule has 2 amide bonds. The molecule has 2 heterocycles. The molecule has 0 aliphatic heterocycles. The number of rotatable bonds is 6. The van der Waals surface area contributed by atoms with E-state index in [0.717, 1.165) is 42.5 Å². The Hall–Kier alpha value is -4.33. The number of nitrogens with one attached hydrogen (secondary N) is 2. The van der Waals surface area contributed by atoms with Gasteiger partial charge in [-0.25, -0.2) is 4.79 Å². The number of anilines is 1. The first-order valence-corrected chi connectivity index (χ1v) is 12.1. The van der Waals surface area contributed by atoms with Crippen molar-refractivity contribution in [3.63, 3.8) is 0 Å². The molecule has 0 saturated heterocycles. The van der Waals surface area contributed by atoms with Crippen LogP contribution in [0.4, 0.5) is 10.5 Å². The van der Waals surface area contributed by atoms with Gasteiger partial charge < -0.3 is 20.2 Å². The summed E-state index contributed by atoms with van der Waals surface area (Å²) in [5.41, 5.74) is 4.36. The third-order valence-electron chi connectivity index (χ3n) is 6.54. The SMILES string of the molecule is Cc1ccc(CNC(=O)n2nc(-c3cc(NC(=O)c4ccco4)ccc3O)cc2C2CCCC2)cc1. The maximum absolute atomic E-state index is 13.2. The van der Waals surface area contributed by atoms with E-state index in [1.54, 1.807) is 24.3 Å². The van der Waals surface area contributed by atoms with E-state index >= 15 is 0 Å². The van der Waals surface area contributed by atoms with Crippen LogP contribution < -0.4 is 10.6 Å². The Kier molecular flexibility index (Phi) is 6.58. The molecule has 8 heteroatoms. The Bertz CT molecular complexity index is 1370. The zero-order valence-electron chi connectivity index (χ0n) is 20.0. The minimum atomic E-state index is -0.399. The van der Waals surface area contributed by atoms with Crippen molar-refractivity contribution in [2.24, 2.45) is 0 Å². The fourth-order valence-electron chi connectivity index (χ4n) is 4.58. The van der Waals surface area contributed by atoms with Gasteiger partial charge in [-0.15, -0.1) is 0 Å². The summed E-state index contributed by atoms with van der Waals surface area (Å²) >= 11 is 0. The summed E-state index contributed by atoms with van der Waals surface area (Å²) in [6.45, 7) is 2.41. The maximum atomic E-state index is 13.2. The van der Waals surface area contributed by atoms with Crippen molar-refractivity contribution >= 4 is 17.6 Å². The second kappa shape index (κ2) is 10.1. The van der Waals surface area contributed by atoms with Gasteiger partial charge in [0.25, 0.3) is 5.91 Å². The molecule has 5 rings (SSSR count). The first-order chi connectivity index (χ1) is 17.5. The lowest BCUT2D eigenvalue weighted by Crippen LogP contribution is -2.30. The molecule has 1 saturated carbocycles. The third-order valence-corrected chi connectivity index (χ3v) is 6.54. The minimum absolute atomic E-state index is 0.00804. The average Bonchev–Trinajstić information content (AvgIpc) is 3.66. The Morgan fingerprint density at radius 1 is 1.08 bits per heavy atom. The average molecular weight is 485 g/mol. The van der Waals surface area contributed by atoms with Crippen LogP contribution in [0, 0.1) is 6.92 Å². The summed E-state index contributed by atoms with van der Waals surface area (Å²) in [5.74, 6) is 0.0148. The van der Waals surface area contributed by atoms with Crippen molar-refractivity contribution < 1.29 is 19.1 Å². The molecule has 1 fully saturated rings. The number of aromatic nitrogens is 2. The molecule has 0 spiro atoms. The van der Waals surface area contributed by atoms with Gasteiger partial charge in [-0.05, 0) is 61.7 Å². The van der Waals surface area contributed by atoms with E-state index in [9.17, 15) is 14.7 Å². The number of amides is 2. The van der Waals surface area contributed by atoms with E-state index in [1.165, 1.54) is 17.0 Å². The van der Waals surface area contributed by atoms with Gasteiger partial charge in [0, 0.05) is 23.7 Å². The van der Waals surface area contributed by atoms with Gasteiger partial charge in [-0.3, -0.25) is 4.79 Å². The number of aryl methyl sites for hydroxylation is 1. The molecule has 3 N–H and O–H groups in total. The van der Waals surface area contributed by atoms with Crippen LogP contribution in [0.1, 0.15) is 59.0 Å². The van der Waals surface area contributed by atoms with Crippen LogP contribution in [0.3, 0.4) is 0 Å². The van der Waals surface area contributed by atoms with Crippen molar-refractivity contribution in [2.75, 3.05) is 5.32 Å². The molecular weight excluding hydrogens is 456 g/mol. The molecule has 0 radical (unpaired) electrons. The Balaban J connectivity index is 1.42. The van der Waals surface area contributed by atoms with Gasteiger partial charge in [0.05, 0.1) is 17.7 Å². The molecule has 2 aromatic carbocycles. The number of furan rings is 1. The van der Waals surface area contributed by atoms with Gasteiger partial charge >= 0.3 is 6.03 Å². The molecule has 0 atom stereocenters. The second-order valence-electron chi connectivity index (χ2n) is 9.16. The third kappa shape index (κ3) is 5.02. The van der Waals surface area contributed by atoms with Crippen molar-refractivity contribution in [3.05, 3.63) is 89.5 Å². The number of hydrogen-bond acceptors (Lipinski definition) is 5. The Labute approximate surface area is 208 Å². The van der Waals surface area contributed by atoms with Crippen LogP contribution >= 0.6 is 0 Å². The van der Waals surface area contributed by atoms with Gasteiger partial charge in [0.1, 0.15) is 5.75 Å². The maximum Gasteiger partial charge on any atom is 0.342 e. The molecular formula is C28H28N4O4. The van der Waals surface area contributed by atoms with E-state index in [-0.39, 0.29) is 23.5 Å². The number of phenols is 1. The van der Waals surface area contributed by atoms with Crippen LogP contribution in [0.5, 0.6) is 5.75 Å². The number of benzene rings is 2. The summed E-state index contributed by atoms with van der Waals surface area (Å²) in [6, 6.07) is 17.5. The zero-order valence-corrected chi connectivity index (χ0v) is 20.0. The molecule has 1 aliphatic rings. The minimum Gasteiger partial charge on any atom is -0.507 e. The van der Waals surface area contributed by atoms with Crippen molar-refractivity contribution in [1.82, 2.24) is 15.1 Å². The lowest BCUT2D eigenvalue weighted by molar-refractivity contribution is 0.0996. The number of carbonyl (C=O) groups is 2. The number of phenolic OH excluding ortho intramolecular Hbond substituents is 1. The highest BCUT2D eigenvalue weighted by molar-refractivity contribution is 6.02. The fraction of sp³-hybridized carbons (Fsp3) is 0.250. The predicted octanol–water partition coefficient (Wildman–Crippen LogP) is 5.82. The van der Waals surface area contributed by atoms with Crippen LogP contribution in [0.25, 0.3) is 11.3 Å². The lowest BCUT2D eigenvalue weighted by Gasteiger charge is -2.12. The number of carbonyl (C=O) groups excluding carboxylic acids is 2. The molecule has 0 unspecified atom stereocenters. The van der Waals surface area contributed by atoms with E-state index in [0.29, 0.717) is 23.5 Å². The fourth-order valence-corrected chi connectivity index (χ4v) is 4.58. The monoisotopic (exact) mass is 484 g/mol. The van der Waals surface area contributed by atoms with Crippen LogP contribution in [0.2, 0.25) is 0 Å². The summed E-state index contributed by atoms with van der Waals surface area (Å²) in [6.07, 6.45) is 5.62. The summed E-state index contributed by atoms with van der Waals surface area (Å²) in [7, 11) is 0. The van der Waals surface area contributed by atoms with Crippen LogP contribution in [0.15, 0.2) is 71.3 Å². The smallest absolute Gasteiger partial charge is 0.342 e. The standard InChI is InChI=1S/C28H28N4O4/c1-18-8-10-19(11-9-18)17-29-28(35)32-24(20-5-2-3-6-20)16-23(31-32)22-15-21(12-13-25(22)33)30-27(34)26-7-4-14-36-26/h4,7-16,20,33H,2-3,5-6,17H2,1H3,(H,29,35)(H,30,34). The predicted molar refractivity (Wildman–Crippen MR) is 136 cm³/mol. The van der Waals surface area contributed by atoms with E-state index in [4.69, 9.17) is 4.42 Å². The lowest BCUT2D eigenvalue weighted by atomic mass is 10.0. The normalized spacial score (nSPS) is 13.6. The van der Waals surface area contributed by atoms with Gasteiger partial charge in [0.15, 0.2) is 5.76 Å². The van der Waals surface area contributed by atoms with Gasteiger partial charge in [0.2, 0.25) is 0 Å². The Morgan fingerprint density at radius 3 is 2.58 bits per heavy atom. The highest BCUT2D eigenvalue weighted by Crippen LogP contribution is 2.38. The zero-order chi connectivity index (χ0) is 25.1. The van der Waals surface area contributed by atoms with Crippen molar-refractivity contribution in [3.8, 4) is 17.0 Å². The van der Waals surface area contributed by atoms with Crippen LogP contribution in [-0.4, -0.2) is 26.8 Å². The highest BCUT2D eigenvalue weighted by Gasteiger charge is 2.26. The number of nitrogens with zero attached hydrogens (tertiary/aromatic N) is 2. The van der Waals surface area contributed by atoms with Crippen molar-refractivity contribution in [2.45, 2.75) is 45.1 Å². The number of aromatic hydroxyl groups is 1. The summed E-state index contributed by atoms with van der Waals surface area (Å²) in [4.78, 5) is 25.6. The Morgan fingerprint density at radius 2 is 1.86 bits per heavy atom. The summed E-state index contributed by atoms with van der Waals surface area (Å²) < 4.78 is 6.57. The molecule has 0 bridgehead atoms. The van der Waals surface area contributed by atoms with E-state index in [2.05, 4.69) is 15.7 Å². The summed E-state index contributed by atoms with van der Waals surface area (Å²) in [5, 5.41) is 20.9. The topological polar surface area (TPSA) is 109 Å². The molecule has 1 aliphatic carbocycles. The highest BCUT2D eigenvalue weighted by atomic mass is 16.3. The molecule has 4 aromatic rings. The van der Waals surface area contributed by atoms with E-state index in [1.807, 2.05) is 37.3 Å². The van der Waals surface area contributed by atoms with Crippen LogP contribution in [-0.2, 0) is 6.54 Å². The molecule has 36 heavy (non-hydrogen) atoms. The van der Waals surface area contributed by atoms with Gasteiger partial charge in [-0.2, -0.15) is 9.78 Å². The number of hydrogen-bond donors (Lipinski definition) is 3. The largest absolute Gasteiger partial charge is 0.507 e. The quantitative estimate of drug-likeness (QED) is 0.299. The van der Waals surface area contributed by atoms with E-state index < -0.39 is 5.91 Å².